The molecule has 0 aromatic heterocycles. The van der Waals surface area contributed by atoms with Gasteiger partial charge in [0.15, 0.2) is 0 Å². The molecule has 0 radical (unpaired) electrons. The van der Waals surface area contributed by atoms with Crippen LogP contribution in [0.25, 0.3) is 0 Å². The van der Waals surface area contributed by atoms with E-state index in [4.69, 9.17) is 4.74 Å². The molecule has 0 amide bonds. The van der Waals surface area contributed by atoms with Crippen LogP contribution in [-0.2, 0) is 16.1 Å². The number of hydrogen-bond donors (Lipinski definition) is 0. The predicted molar refractivity (Wildman–Crippen MR) is 76.7 cm³/mol. The van der Waals surface area contributed by atoms with E-state index >= 15 is 0 Å². The van der Waals surface area contributed by atoms with Gasteiger partial charge in [-0.15, -0.1) is 0 Å². The molecule has 0 fully saturated rings. The quantitative estimate of drug-likeness (QED) is 0.426. The van der Waals surface area contributed by atoms with E-state index in [1.165, 1.54) is 12.8 Å². The van der Waals surface area contributed by atoms with E-state index in [2.05, 4.69) is 6.92 Å². The van der Waals surface area contributed by atoms with E-state index in [0.29, 0.717) is 6.61 Å². The molecule has 0 saturated carbocycles. The van der Waals surface area contributed by atoms with Crippen LogP contribution in [0.3, 0.4) is 0 Å². The average Bonchev–Trinajstić information content (AvgIpc) is 2.37. The van der Waals surface area contributed by atoms with E-state index in [-0.39, 0.29) is 41.4 Å². The van der Waals surface area contributed by atoms with Gasteiger partial charge in [-0.25, -0.2) is 0 Å². The SMILES string of the molecule is CCCCCC(C)C(=O)OCc1ccccc1.[NaH]. The van der Waals surface area contributed by atoms with Gasteiger partial charge in [-0.1, -0.05) is 63.4 Å². The van der Waals surface area contributed by atoms with Gasteiger partial charge in [0.1, 0.15) is 6.61 Å². The van der Waals surface area contributed by atoms with E-state index in [9.17, 15) is 4.79 Å². The molecule has 1 atom stereocenters. The molecular weight excluding hydrogens is 235 g/mol. The van der Waals surface area contributed by atoms with Crippen LogP contribution in [0.5, 0.6) is 0 Å². The fourth-order valence-corrected chi connectivity index (χ4v) is 1.69. The van der Waals surface area contributed by atoms with Crippen molar-refractivity contribution in [3.05, 3.63) is 35.9 Å². The number of carbonyl (C=O) groups excluding carboxylic acids is 1. The van der Waals surface area contributed by atoms with Crippen molar-refractivity contribution in [2.75, 3.05) is 0 Å². The van der Waals surface area contributed by atoms with Crippen LogP contribution in [0.4, 0.5) is 0 Å². The zero-order valence-corrected chi connectivity index (χ0v) is 10.8. The average molecular weight is 258 g/mol. The molecule has 0 heterocycles. The van der Waals surface area contributed by atoms with Gasteiger partial charge in [0.25, 0.3) is 0 Å². The summed E-state index contributed by atoms with van der Waals surface area (Å²) < 4.78 is 5.28. The van der Waals surface area contributed by atoms with Crippen LogP contribution >= 0.6 is 0 Å². The van der Waals surface area contributed by atoms with Crippen molar-refractivity contribution >= 4 is 35.5 Å². The number of carbonyl (C=O) groups is 1. The van der Waals surface area contributed by atoms with Crippen LogP contribution in [-0.4, -0.2) is 35.5 Å². The number of ether oxygens (including phenoxy) is 1. The van der Waals surface area contributed by atoms with Gasteiger partial charge in [-0.05, 0) is 12.0 Å². The van der Waals surface area contributed by atoms with E-state index < -0.39 is 0 Å². The second-order valence-corrected chi connectivity index (χ2v) is 4.49. The van der Waals surface area contributed by atoms with Crippen molar-refractivity contribution in [3.8, 4) is 0 Å². The fourth-order valence-electron chi connectivity index (χ4n) is 1.69. The van der Waals surface area contributed by atoms with Crippen LogP contribution < -0.4 is 0 Å². The molecule has 3 heteroatoms. The summed E-state index contributed by atoms with van der Waals surface area (Å²) in [5, 5.41) is 0. The standard InChI is InChI=1S/C15H22O2.Na.H/c1-3-4-6-9-13(2)15(16)17-12-14-10-7-5-8-11-14;;/h5,7-8,10-11,13H,3-4,6,9,12H2,1-2H3;;. The molecule has 0 aliphatic heterocycles. The molecular formula is C15H23NaO2. The number of benzene rings is 1. The normalized spacial score (nSPS) is 11.4. The molecule has 96 valence electrons. The number of rotatable bonds is 7. The maximum absolute atomic E-state index is 11.7. The van der Waals surface area contributed by atoms with Crippen molar-refractivity contribution in [3.63, 3.8) is 0 Å². The fraction of sp³-hybridized carbons (Fsp3) is 0.533. The Bertz CT molecular complexity index is 325. The van der Waals surface area contributed by atoms with Crippen molar-refractivity contribution < 1.29 is 9.53 Å². The summed E-state index contributed by atoms with van der Waals surface area (Å²) in [6.45, 7) is 4.50. The first kappa shape index (κ1) is 17.7. The Kier molecular flexibility index (Phi) is 10.4. The first-order valence-corrected chi connectivity index (χ1v) is 6.44. The molecule has 1 rings (SSSR count). The molecule has 0 saturated heterocycles. The minimum atomic E-state index is -0.0787. The van der Waals surface area contributed by atoms with E-state index in [1.54, 1.807) is 0 Å². The molecule has 2 nitrogen and oxygen atoms in total. The van der Waals surface area contributed by atoms with Gasteiger partial charge in [-0.3, -0.25) is 4.79 Å². The summed E-state index contributed by atoms with van der Waals surface area (Å²) >= 11 is 0. The molecule has 0 aliphatic rings. The van der Waals surface area contributed by atoms with Crippen molar-refractivity contribution in [2.24, 2.45) is 5.92 Å². The van der Waals surface area contributed by atoms with Crippen molar-refractivity contribution in [1.29, 1.82) is 0 Å². The molecule has 0 bridgehead atoms. The summed E-state index contributed by atoms with van der Waals surface area (Å²) in [6, 6.07) is 9.80. The van der Waals surface area contributed by atoms with Crippen molar-refractivity contribution in [1.82, 2.24) is 0 Å². The second kappa shape index (κ2) is 10.6. The molecule has 1 aromatic rings. The van der Waals surface area contributed by atoms with E-state index in [0.717, 1.165) is 18.4 Å². The molecule has 0 spiro atoms. The molecule has 18 heavy (non-hydrogen) atoms. The third-order valence-corrected chi connectivity index (χ3v) is 2.87. The molecule has 0 aliphatic carbocycles. The Hall–Kier alpha value is -0.310. The van der Waals surface area contributed by atoms with Crippen LogP contribution in [0.1, 0.15) is 45.1 Å². The summed E-state index contributed by atoms with van der Waals surface area (Å²) in [6.07, 6.45) is 4.42. The van der Waals surface area contributed by atoms with Gasteiger partial charge < -0.3 is 4.74 Å². The number of unbranched alkanes of at least 4 members (excludes halogenated alkanes) is 2. The van der Waals surface area contributed by atoms with Gasteiger partial charge in [0.2, 0.25) is 0 Å². The summed E-state index contributed by atoms with van der Waals surface area (Å²) in [4.78, 5) is 11.7. The summed E-state index contributed by atoms with van der Waals surface area (Å²) in [5.41, 5.74) is 1.04. The Morgan fingerprint density at radius 2 is 1.89 bits per heavy atom. The zero-order chi connectivity index (χ0) is 12.5. The number of hydrogen-bond acceptors (Lipinski definition) is 2. The third kappa shape index (κ3) is 7.20. The van der Waals surface area contributed by atoms with Gasteiger partial charge in [-0.2, -0.15) is 0 Å². The first-order valence-electron chi connectivity index (χ1n) is 6.44. The minimum absolute atomic E-state index is 0. The first-order chi connectivity index (χ1) is 8.24. The molecule has 0 N–H and O–H groups in total. The van der Waals surface area contributed by atoms with E-state index in [1.807, 2.05) is 37.3 Å². The monoisotopic (exact) mass is 258 g/mol. The topological polar surface area (TPSA) is 26.3 Å². The van der Waals surface area contributed by atoms with Crippen molar-refractivity contribution in [2.45, 2.75) is 46.1 Å². The number of esters is 1. The molecule has 1 unspecified atom stereocenters. The van der Waals surface area contributed by atoms with Gasteiger partial charge in [0.05, 0.1) is 5.92 Å². The van der Waals surface area contributed by atoms with Gasteiger partial charge in [0, 0.05) is 0 Å². The van der Waals surface area contributed by atoms with Crippen LogP contribution in [0, 0.1) is 5.92 Å². The van der Waals surface area contributed by atoms with Gasteiger partial charge >= 0.3 is 35.5 Å². The maximum atomic E-state index is 11.7. The zero-order valence-electron chi connectivity index (χ0n) is 10.8. The molecule has 1 aromatic carbocycles. The Balaban J connectivity index is 0.00000289. The summed E-state index contributed by atoms with van der Waals surface area (Å²) in [7, 11) is 0. The second-order valence-electron chi connectivity index (χ2n) is 4.49. The van der Waals surface area contributed by atoms with Crippen LogP contribution in [0.2, 0.25) is 0 Å². The predicted octanol–water partition coefficient (Wildman–Crippen LogP) is 3.30. The Labute approximate surface area is 132 Å². The van der Waals surface area contributed by atoms with Crippen LogP contribution in [0.15, 0.2) is 30.3 Å². The Morgan fingerprint density at radius 3 is 2.50 bits per heavy atom. The Morgan fingerprint density at radius 1 is 1.22 bits per heavy atom. The summed E-state index contributed by atoms with van der Waals surface area (Å²) in [5.74, 6) is -0.0600. The third-order valence-electron chi connectivity index (χ3n) is 2.87.